The summed E-state index contributed by atoms with van der Waals surface area (Å²) in [6.07, 6.45) is 18.1. The zero-order valence-corrected chi connectivity index (χ0v) is 92.6. The summed E-state index contributed by atoms with van der Waals surface area (Å²) >= 11 is 0. The third-order valence-corrected chi connectivity index (χ3v) is 30.3. The second-order valence-corrected chi connectivity index (χ2v) is 44.6. The minimum atomic E-state index is -1.18. The standard InChI is InChI=1S/C37H53N2O7P.C36H51N2O8P.C28H48NO7P.C11H9N/c1-11-23(2)21-37(8,42-18-14-15-27-20-28-16-12-13-17-29(28)38-22-27)33(25(4)31-26(5)34(40)46-36(6,7)45-31)44-35-32(47-41)30(39(9)10)19-24(3)43-35;1-22(21-39)19-36(7,42-16-12-13-26-18-27-14-10-11-15-28(27)37-20-26)32(24(3)30-25(4)33(40)46-35(5,6)45-30)44-34-31(47-41)29(38(8)9)17-23(2)43-34;1-12-14-32-28(9,16-17(3)13-2)24(19(5)22-20(6)25(30)36-27(7,8)35-22)34-26-23(37-31)21(29(10)11)15-18(4)33-26;1-2-9-7-10-5-3-4-6-11(10)12-8-9/h12-17,20,22-25,30,32-33,35H,11,18-19,21H2,1-10H3;10-15,18,20,22-24,29,31-32,34,39H,16-17,19,21H2,1-9H3;12,17-19,21,23-24,26H,1,13-16H2,2-11H3;2-8H,1H2/b15-14+;13-12+;;/t23-,24?,25-,30?,32+,33+,35-,37+;22-,23?,24+,29?,31-,32-,34+,36-;17-,18?,19-,21?,23+,24+,26-,28+;/m010./s1. The van der Waals surface area contributed by atoms with Gasteiger partial charge in [-0.05, 0) is 214 Å². The van der Waals surface area contributed by atoms with Crippen molar-refractivity contribution in [1.82, 2.24) is 29.7 Å². The summed E-state index contributed by atoms with van der Waals surface area (Å²) in [5.41, 5.74) is 3.07. The Balaban J connectivity index is 0.000000226. The molecular formula is C112H161N6O22P3. The number of fused-ring (bicyclic) bond motifs is 3. The van der Waals surface area contributed by atoms with E-state index in [2.05, 4.69) is 102 Å². The van der Waals surface area contributed by atoms with Crippen LogP contribution in [0.1, 0.15) is 227 Å². The molecule has 31 heteroatoms. The van der Waals surface area contributed by atoms with Crippen LogP contribution in [-0.4, -0.2) is 246 Å². The molecule has 0 radical (unpaired) electrons. The van der Waals surface area contributed by atoms with Crippen LogP contribution >= 0.6 is 25.4 Å². The molecule has 28 nitrogen and oxygen atoms in total. The molecule has 3 aromatic carbocycles. The number of rotatable bonds is 42. The van der Waals surface area contributed by atoms with E-state index in [1.165, 1.54) is 0 Å². The Morgan fingerprint density at radius 1 is 0.448 bits per heavy atom. The summed E-state index contributed by atoms with van der Waals surface area (Å²) in [7, 11) is 11.7. The minimum absolute atomic E-state index is 0.0135. The number of cyclic esters (lactones) is 3. The predicted molar refractivity (Wildman–Crippen MR) is 563 cm³/mol. The fraction of sp³-hybridized carbons (Fsp3) is 0.607. The van der Waals surface area contributed by atoms with Gasteiger partial charge in [-0.25, -0.2) is 14.4 Å². The number of hydrogen-bond acceptors (Lipinski definition) is 28. The molecule has 6 unspecified atom stereocenters. The van der Waals surface area contributed by atoms with E-state index in [9.17, 15) is 33.2 Å². The Kier molecular flexibility index (Phi) is 43.8. The average Bonchev–Trinajstić information content (AvgIpc) is 0.771. The molecule has 6 aliphatic rings. The summed E-state index contributed by atoms with van der Waals surface area (Å²) in [6.45, 7) is 52.3. The van der Waals surface area contributed by atoms with Crippen LogP contribution in [0.4, 0.5) is 0 Å². The fourth-order valence-electron chi connectivity index (χ4n) is 20.0. The maximum atomic E-state index is 13.0. The second kappa shape index (κ2) is 53.0. The Hall–Kier alpha value is -8.34. The molecule has 0 aliphatic carbocycles. The zero-order valence-electron chi connectivity index (χ0n) is 89.9. The van der Waals surface area contributed by atoms with Crippen LogP contribution in [0.2, 0.25) is 0 Å². The minimum Gasteiger partial charge on any atom is -0.456 e. The van der Waals surface area contributed by atoms with Crippen LogP contribution in [0.25, 0.3) is 50.9 Å². The van der Waals surface area contributed by atoms with Crippen molar-refractivity contribution >= 4 is 94.2 Å². The average molecular weight is 2040 g/mol. The van der Waals surface area contributed by atoms with Crippen LogP contribution in [0.3, 0.4) is 0 Å². The van der Waals surface area contributed by atoms with Crippen LogP contribution in [-0.2, 0) is 99.1 Å². The zero-order chi connectivity index (χ0) is 106. The van der Waals surface area contributed by atoms with E-state index < -0.39 is 124 Å². The molecule has 786 valence electrons. The summed E-state index contributed by atoms with van der Waals surface area (Å²) in [5.74, 6) is -4.17. The van der Waals surface area contributed by atoms with E-state index in [0.29, 0.717) is 84.7 Å². The molecule has 0 spiro atoms. The number of carbonyl (C=O) groups is 3. The highest BCUT2D eigenvalue weighted by Crippen LogP contribution is 2.48. The van der Waals surface area contributed by atoms with Gasteiger partial charge in [-0.15, -0.1) is 6.58 Å². The van der Waals surface area contributed by atoms with E-state index in [1.54, 1.807) is 74.5 Å². The maximum absolute atomic E-state index is 13.0. The molecule has 3 fully saturated rings. The number of esters is 3. The van der Waals surface area contributed by atoms with Crippen LogP contribution in [0.5, 0.6) is 0 Å². The Bertz CT molecular complexity index is 5220. The molecule has 3 saturated heterocycles. The van der Waals surface area contributed by atoms with Crippen molar-refractivity contribution in [3.05, 3.63) is 192 Å². The molecule has 6 aromatic rings. The monoisotopic (exact) mass is 2040 g/mol. The third-order valence-electron chi connectivity index (χ3n) is 27.8. The highest BCUT2D eigenvalue weighted by Gasteiger charge is 2.55. The summed E-state index contributed by atoms with van der Waals surface area (Å²) in [6, 6.07) is 30.2. The van der Waals surface area contributed by atoms with E-state index in [1.807, 2.05) is 214 Å². The lowest BCUT2D eigenvalue weighted by atomic mass is 9.80. The maximum Gasteiger partial charge on any atom is 0.340 e. The molecule has 12 rings (SSSR count). The van der Waals surface area contributed by atoms with Gasteiger partial charge in [-0.3, -0.25) is 28.6 Å². The SMILES string of the molecule is C=CCO[C@](C)(C[C@@H](C)CC)[C@H](O[C@@H]1OC(C)CC(N(C)C)[C@H]1P=O)[C@@H](C)C1=C(C)C(=O)OC(C)(C)O1.C=Cc1cnc2ccccc2c1.CC1=C([C@H](C)[C@@H](O[C@@H]2OC(C)CC(N(C)C)[C@H]2P=O)[C@@](C)(C[C@@H](C)CO)OC/C=C/c2cnc3ccccc3c2)OC(C)(C)OC1=O.CC[C@H](C)C[C@@](C)(OC/C=C/c1cnc2ccccc2c1)[C@H](O[C@@H]1OC(C)CC(N(C)C)[C@H]1P=O)[C@@H](C)C1=C(C)C(=O)OC(C)(C)O1. The van der Waals surface area contributed by atoms with Gasteiger partial charge in [0, 0.05) is 119 Å². The summed E-state index contributed by atoms with van der Waals surface area (Å²) < 4.78 is 133. The molecule has 9 heterocycles. The Morgan fingerprint density at radius 3 is 1.00 bits per heavy atom. The summed E-state index contributed by atoms with van der Waals surface area (Å²) in [4.78, 5) is 58.3. The fourth-order valence-corrected chi connectivity index (χ4v) is 22.3. The molecular weight excluding hydrogens is 1870 g/mol. The van der Waals surface area contributed by atoms with Crippen LogP contribution in [0.15, 0.2) is 175 Å². The molecule has 0 amide bonds. The number of nitrogens with zero attached hydrogens (tertiary/aromatic N) is 6. The lowest BCUT2D eigenvalue weighted by Gasteiger charge is -2.48. The van der Waals surface area contributed by atoms with E-state index in [-0.39, 0.29) is 80.9 Å². The van der Waals surface area contributed by atoms with Crippen molar-refractivity contribution < 1.29 is 104 Å². The van der Waals surface area contributed by atoms with Crippen LogP contribution < -0.4 is 0 Å². The van der Waals surface area contributed by atoms with Crippen molar-refractivity contribution in [3.63, 3.8) is 0 Å². The first-order valence-electron chi connectivity index (χ1n) is 50.4. The predicted octanol–water partition coefficient (Wildman–Crippen LogP) is 22.8. The number of pyridine rings is 3. The molecule has 3 aromatic heterocycles. The number of aliphatic hydroxyl groups excluding tert-OH is 1. The normalized spacial score (nSPS) is 26.2. The van der Waals surface area contributed by atoms with Gasteiger partial charge < -0.3 is 90.9 Å². The van der Waals surface area contributed by atoms with Gasteiger partial charge in [0.05, 0.1) is 107 Å². The smallest absolute Gasteiger partial charge is 0.340 e. The molecule has 0 saturated carbocycles. The van der Waals surface area contributed by atoms with Crippen molar-refractivity contribution in [1.29, 1.82) is 0 Å². The molecule has 0 bridgehead atoms. The topological polar surface area (TPSA) is 309 Å². The number of aromatic nitrogens is 3. The second-order valence-electron chi connectivity index (χ2n) is 42.2. The first-order chi connectivity index (χ1) is 67.4. The Morgan fingerprint density at radius 2 is 0.727 bits per heavy atom. The van der Waals surface area contributed by atoms with E-state index in [4.69, 9.17) is 71.1 Å². The number of benzene rings is 3. The number of para-hydroxylation sites is 3. The first kappa shape index (κ1) is 118. The van der Waals surface area contributed by atoms with Gasteiger partial charge in [0.2, 0.25) is 17.4 Å². The summed E-state index contributed by atoms with van der Waals surface area (Å²) in [5, 5.41) is 13.4. The highest BCUT2D eigenvalue weighted by molar-refractivity contribution is 7.25. The quantitative estimate of drug-likeness (QED) is 0.0161. The highest BCUT2D eigenvalue weighted by atomic mass is 31.1. The van der Waals surface area contributed by atoms with E-state index >= 15 is 0 Å². The van der Waals surface area contributed by atoms with Crippen molar-refractivity contribution in [2.24, 2.45) is 35.5 Å². The molecule has 1 N–H and O–H groups in total. The van der Waals surface area contributed by atoms with Gasteiger partial charge in [-0.2, -0.15) is 0 Å². The number of aliphatic hydroxyl groups is 1. The van der Waals surface area contributed by atoms with Gasteiger partial charge in [-0.1, -0.05) is 166 Å². The molecule has 24 atom stereocenters. The number of carbonyl (C=O) groups excluding carboxylic acids is 3. The van der Waals surface area contributed by atoms with Gasteiger partial charge in [0.1, 0.15) is 34.3 Å². The lowest BCUT2D eigenvalue weighted by molar-refractivity contribution is -0.268. The lowest BCUT2D eigenvalue weighted by Crippen LogP contribution is -2.57. The van der Waals surface area contributed by atoms with Gasteiger partial charge >= 0.3 is 17.9 Å². The number of hydrogen-bond donors (Lipinski definition) is 1. The van der Waals surface area contributed by atoms with Crippen molar-refractivity contribution in [2.75, 3.05) is 68.7 Å². The van der Waals surface area contributed by atoms with E-state index in [0.717, 1.165) is 75.1 Å². The molecule has 143 heavy (non-hydrogen) atoms. The number of ether oxygens (including phenoxy) is 15. The first-order valence-corrected chi connectivity index (χ1v) is 53.0. The Labute approximate surface area is 854 Å². The molecule has 6 aliphatic heterocycles. The van der Waals surface area contributed by atoms with Crippen molar-refractivity contribution in [2.45, 2.75) is 335 Å². The van der Waals surface area contributed by atoms with Gasteiger partial charge in [0.25, 0.3) is 0 Å². The van der Waals surface area contributed by atoms with Crippen molar-refractivity contribution in [3.8, 4) is 0 Å². The van der Waals surface area contributed by atoms with Gasteiger partial charge in [0.15, 0.2) is 44.3 Å². The van der Waals surface area contributed by atoms with Crippen LogP contribution in [0, 0.1) is 35.5 Å². The largest absolute Gasteiger partial charge is 0.456 e. The third kappa shape index (κ3) is 31.9.